The van der Waals surface area contributed by atoms with Gasteiger partial charge in [0.05, 0.1) is 25.1 Å². The summed E-state index contributed by atoms with van der Waals surface area (Å²) in [5.41, 5.74) is 3.27. The summed E-state index contributed by atoms with van der Waals surface area (Å²) in [6, 6.07) is 5.14. The molecule has 0 radical (unpaired) electrons. The third kappa shape index (κ3) is 15.6. The predicted molar refractivity (Wildman–Crippen MR) is 194 cm³/mol. The Labute approximate surface area is 287 Å². The molecule has 2 aliphatic rings. The van der Waals surface area contributed by atoms with Crippen LogP contribution in [0.25, 0.3) is 0 Å². The minimum Gasteiger partial charge on any atom is -0.497 e. The smallest absolute Gasteiger partial charge is 0.408 e. The molecule has 1 unspecified atom stereocenters. The highest BCUT2D eigenvalue weighted by atomic mass is 31.0. The number of carbonyl (C=O) groups is 1. The maximum absolute atomic E-state index is 14.5. The molecule has 264 valence electrons. The minimum atomic E-state index is -3.31. The van der Waals surface area contributed by atoms with Crippen molar-refractivity contribution >= 4 is 27.0 Å². The number of nitrogens with zero attached hydrogens (tertiary/aromatic N) is 4. The molecular formula is C36H51F3N5O3P. The summed E-state index contributed by atoms with van der Waals surface area (Å²) in [5.74, 6) is -2.67. The van der Waals surface area contributed by atoms with Crippen molar-refractivity contribution in [3.63, 3.8) is 0 Å². The molecule has 1 heterocycles. The molecule has 1 atom stereocenters. The highest BCUT2D eigenvalue weighted by molar-refractivity contribution is 7.17. The fraction of sp³-hybridized carbons (Fsp3) is 0.444. The van der Waals surface area contributed by atoms with Crippen LogP contribution in [0.2, 0.25) is 0 Å². The Balaban J connectivity index is 0.000000599. The van der Waals surface area contributed by atoms with E-state index in [-0.39, 0.29) is 24.2 Å². The van der Waals surface area contributed by atoms with Crippen LogP contribution in [0.3, 0.4) is 0 Å². The molecule has 1 amide bonds. The molecule has 1 aliphatic carbocycles. The van der Waals surface area contributed by atoms with Gasteiger partial charge in [-0.15, -0.1) is 12.8 Å². The number of halogens is 3. The second-order valence-corrected chi connectivity index (χ2v) is 11.6. The highest BCUT2D eigenvalue weighted by Crippen LogP contribution is 2.29. The number of benzene rings is 1. The molecule has 3 rings (SSSR count). The maximum Gasteiger partial charge on any atom is 0.408 e. The van der Waals surface area contributed by atoms with E-state index in [1.54, 1.807) is 43.5 Å². The quantitative estimate of drug-likeness (QED) is 0.123. The average molecular weight is 690 g/mol. The summed E-state index contributed by atoms with van der Waals surface area (Å²) in [6.45, 7) is 12.7. The summed E-state index contributed by atoms with van der Waals surface area (Å²) in [5, 5.41) is 2.52. The molecule has 12 heteroatoms. The number of hydrogen-bond donors (Lipinski definition) is 1. The Morgan fingerprint density at radius 2 is 1.90 bits per heavy atom. The Morgan fingerprint density at radius 1 is 1.17 bits per heavy atom. The Morgan fingerprint density at radius 3 is 2.48 bits per heavy atom. The van der Waals surface area contributed by atoms with E-state index in [0.29, 0.717) is 30.6 Å². The molecule has 48 heavy (non-hydrogen) atoms. The van der Waals surface area contributed by atoms with Crippen molar-refractivity contribution < 1.29 is 27.4 Å². The second kappa shape index (κ2) is 22.4. The third-order valence-electron chi connectivity index (χ3n) is 7.13. The molecule has 1 aromatic carbocycles. The van der Waals surface area contributed by atoms with Gasteiger partial charge in [-0.3, -0.25) is 9.79 Å². The molecule has 1 aromatic rings. The zero-order chi connectivity index (χ0) is 36.1. The number of hydrogen-bond acceptors (Lipinski definition) is 7. The van der Waals surface area contributed by atoms with Gasteiger partial charge in [0, 0.05) is 70.2 Å². The van der Waals surface area contributed by atoms with Crippen LogP contribution in [0.15, 0.2) is 83.1 Å². The van der Waals surface area contributed by atoms with E-state index in [0.717, 1.165) is 49.8 Å². The Bertz CT molecular complexity index is 1350. The summed E-state index contributed by atoms with van der Waals surface area (Å²) >= 11 is 0. The van der Waals surface area contributed by atoms with Gasteiger partial charge in [0.15, 0.2) is 0 Å². The zero-order valence-electron chi connectivity index (χ0n) is 29.0. The van der Waals surface area contributed by atoms with Crippen molar-refractivity contribution in [1.29, 1.82) is 0 Å². The van der Waals surface area contributed by atoms with Crippen LogP contribution < -0.4 is 10.2 Å². The lowest BCUT2D eigenvalue weighted by molar-refractivity contribution is -0.129. The fourth-order valence-corrected chi connectivity index (χ4v) is 4.97. The van der Waals surface area contributed by atoms with Crippen LogP contribution in [0, 0.1) is 18.7 Å². The molecule has 0 saturated heterocycles. The van der Waals surface area contributed by atoms with Gasteiger partial charge < -0.3 is 29.5 Å². The lowest BCUT2D eigenvalue weighted by atomic mass is 10.1. The molecule has 0 fully saturated rings. The van der Waals surface area contributed by atoms with E-state index in [2.05, 4.69) is 58.5 Å². The van der Waals surface area contributed by atoms with Crippen molar-refractivity contribution in [2.75, 3.05) is 51.8 Å². The first-order valence-corrected chi connectivity index (χ1v) is 16.4. The van der Waals surface area contributed by atoms with Crippen molar-refractivity contribution in [2.45, 2.75) is 59.0 Å². The number of alkyl halides is 2. The first-order valence-electron chi connectivity index (χ1n) is 15.8. The monoisotopic (exact) mass is 689 g/mol. The van der Waals surface area contributed by atoms with E-state index in [1.807, 2.05) is 37.2 Å². The molecule has 1 aliphatic heterocycles. The average Bonchev–Trinajstić information content (AvgIpc) is 3.40. The number of aliphatic imine (C=N–C) groups is 1. The summed E-state index contributed by atoms with van der Waals surface area (Å²) in [6.07, 6.45) is 22.7. The fourth-order valence-electron chi connectivity index (χ4n) is 4.84. The Kier molecular flexibility index (Phi) is 19.6. The van der Waals surface area contributed by atoms with E-state index in [4.69, 9.17) is 4.74 Å². The van der Waals surface area contributed by atoms with Crippen LogP contribution in [-0.2, 0) is 20.8 Å². The van der Waals surface area contributed by atoms with Gasteiger partial charge >= 0.3 is 5.85 Å². The first-order chi connectivity index (χ1) is 22.9. The van der Waals surface area contributed by atoms with Crippen LogP contribution in [-0.4, -0.2) is 80.7 Å². The van der Waals surface area contributed by atoms with Gasteiger partial charge in [-0.05, 0) is 85.4 Å². The van der Waals surface area contributed by atoms with Crippen LogP contribution in [0.4, 0.5) is 18.9 Å². The van der Waals surface area contributed by atoms with Crippen molar-refractivity contribution in [1.82, 2.24) is 15.1 Å². The number of amides is 1. The van der Waals surface area contributed by atoms with E-state index < -0.39 is 5.85 Å². The van der Waals surface area contributed by atoms with Gasteiger partial charge in [-0.2, -0.15) is 8.78 Å². The second-order valence-electron chi connectivity index (χ2n) is 10.9. The van der Waals surface area contributed by atoms with Gasteiger partial charge in [0.2, 0.25) is 6.41 Å². The van der Waals surface area contributed by atoms with Crippen LogP contribution in [0.1, 0.15) is 46.1 Å². The molecule has 8 nitrogen and oxygen atoms in total. The summed E-state index contributed by atoms with van der Waals surface area (Å²) in [4.78, 5) is 21.1. The normalized spacial score (nSPS) is 15.0. The van der Waals surface area contributed by atoms with E-state index in [9.17, 15) is 18.0 Å². The molecular weight excluding hydrogens is 638 g/mol. The summed E-state index contributed by atoms with van der Waals surface area (Å²) < 4.78 is 50.5. The van der Waals surface area contributed by atoms with Gasteiger partial charge in [-0.25, -0.2) is 4.39 Å². The molecule has 0 bridgehead atoms. The van der Waals surface area contributed by atoms with E-state index in [1.165, 1.54) is 15.3 Å². The van der Waals surface area contributed by atoms with Gasteiger partial charge in [0.1, 0.15) is 17.3 Å². The van der Waals surface area contributed by atoms with Gasteiger partial charge in [-0.1, -0.05) is 12.1 Å². The van der Waals surface area contributed by atoms with Crippen molar-refractivity contribution in [2.24, 2.45) is 4.99 Å². The molecule has 0 spiro atoms. The number of carbonyl (C=O) groups excluding carboxylic acids is 1. The number of methoxy groups -OCH3 is 1. The SMILES string of the molecule is C#C.CC(C)N(CCCN(C)c1ccc(CNC=O)cc1F)C1=CC=C(OC(F)(F)P)C=CC1.CCN=C1C=C(OC)C=CN(CC)C1. The lowest BCUT2D eigenvalue weighted by Crippen LogP contribution is -2.33. The number of rotatable bonds is 15. The Hall–Kier alpha value is -4.16. The van der Waals surface area contributed by atoms with E-state index >= 15 is 0 Å². The maximum atomic E-state index is 14.5. The highest BCUT2D eigenvalue weighted by Gasteiger charge is 2.24. The number of nitrogens with one attached hydrogen (secondary N) is 1. The number of ether oxygens (including phenoxy) is 2. The van der Waals surface area contributed by atoms with Gasteiger partial charge in [0.25, 0.3) is 0 Å². The first kappa shape index (κ1) is 41.9. The molecule has 0 aromatic heterocycles. The predicted octanol–water partition coefficient (Wildman–Crippen LogP) is 6.85. The lowest BCUT2D eigenvalue weighted by Gasteiger charge is -2.32. The summed E-state index contributed by atoms with van der Waals surface area (Å²) in [7, 11) is 4.89. The number of anilines is 1. The standard InChI is InChI=1S/C23H31F3N3O2P.C11H18N2O.C2H2/c1-17(2)29(19-6-4-7-20(10-9-19)31-23(25,26)32)13-5-12-28(3)22-11-8-18(14-21(22)24)15-27-16-30;1-4-12-10-8-11(14-3)6-7-13(5-2)9-10;1-2/h4,7-11,14,16-17H,5-6,12-13,15,32H2,1-3H3,(H,27,30);6-8H,4-5,9H2,1-3H3;1-2H. The number of terminal acetylenes is 1. The molecule has 1 N–H and O–H groups in total. The molecule has 0 saturated carbocycles. The zero-order valence-corrected chi connectivity index (χ0v) is 30.1. The van der Waals surface area contributed by atoms with Crippen LogP contribution in [0.5, 0.6) is 0 Å². The number of allylic oxidation sites excluding steroid dienone is 5. The van der Waals surface area contributed by atoms with Crippen molar-refractivity contribution in [3.05, 3.63) is 89.5 Å². The minimum absolute atomic E-state index is 0.103. The largest absolute Gasteiger partial charge is 0.497 e. The van der Waals surface area contributed by atoms with Crippen molar-refractivity contribution in [3.8, 4) is 12.8 Å². The van der Waals surface area contributed by atoms with Crippen LogP contribution >= 0.6 is 9.24 Å². The topological polar surface area (TPSA) is 69.6 Å². The third-order valence-corrected chi connectivity index (χ3v) is 7.25.